The molecule has 0 saturated carbocycles. The van der Waals surface area contributed by atoms with Gasteiger partial charge in [-0.15, -0.1) is 0 Å². The van der Waals surface area contributed by atoms with E-state index in [0.717, 1.165) is 11.5 Å². The maximum Gasteiger partial charge on any atom is 0.335 e. The summed E-state index contributed by atoms with van der Waals surface area (Å²) in [4.78, 5) is 49.6. The van der Waals surface area contributed by atoms with Crippen molar-refractivity contribution in [3.63, 3.8) is 0 Å². The van der Waals surface area contributed by atoms with E-state index >= 15 is 0 Å². The number of carbonyl (C=O) groups excluding carboxylic acids is 1. The number of carbonyl (C=O) groups is 4. The van der Waals surface area contributed by atoms with Crippen molar-refractivity contribution in [1.82, 2.24) is 4.98 Å². The number of aromatic carboxylic acids is 3. The van der Waals surface area contributed by atoms with Gasteiger partial charge in [-0.05, 0) is 59.7 Å². The van der Waals surface area contributed by atoms with Gasteiger partial charge < -0.3 is 20.1 Å². The van der Waals surface area contributed by atoms with Gasteiger partial charge in [0.15, 0.2) is 0 Å². The van der Waals surface area contributed by atoms with Crippen LogP contribution in [0.1, 0.15) is 31.1 Å². The number of carboxylic acid groups (broad SMARTS) is 3. The number of fused-ring (bicyclic) bond motifs is 1. The number of hydrogen-bond donors (Lipinski definition) is 3. The summed E-state index contributed by atoms with van der Waals surface area (Å²) in [5.74, 6) is -3.66. The van der Waals surface area contributed by atoms with Crippen LogP contribution in [0.5, 0.6) is 5.75 Å². The Morgan fingerprint density at radius 3 is 1.88 bits per heavy atom. The molecule has 0 aliphatic rings. The summed E-state index contributed by atoms with van der Waals surface area (Å²) in [6, 6.07) is 16.5. The van der Waals surface area contributed by atoms with Crippen LogP contribution in [-0.2, 0) is 4.79 Å². The van der Waals surface area contributed by atoms with Gasteiger partial charge in [0.05, 0.1) is 27.9 Å². The number of carboxylic acids is 3. The van der Waals surface area contributed by atoms with Crippen molar-refractivity contribution in [2.45, 2.75) is 0 Å². The number of ether oxygens (including phenoxy) is 1. The van der Waals surface area contributed by atoms with Crippen LogP contribution in [0.2, 0.25) is 0 Å². The summed E-state index contributed by atoms with van der Waals surface area (Å²) >= 11 is 0. The summed E-state index contributed by atoms with van der Waals surface area (Å²) in [7, 11) is 0. The van der Waals surface area contributed by atoms with Gasteiger partial charge in [-0.2, -0.15) is 0 Å². The third-order valence-corrected chi connectivity index (χ3v) is 5.09. The minimum atomic E-state index is -1.25. The quantitative estimate of drug-likeness (QED) is 0.347. The van der Waals surface area contributed by atoms with E-state index in [1.807, 2.05) is 0 Å². The molecule has 0 bridgehead atoms. The number of aromatic nitrogens is 1. The number of hydrogen-bond acceptors (Lipinski definition) is 6. The van der Waals surface area contributed by atoms with Crippen molar-refractivity contribution in [1.29, 1.82) is 0 Å². The smallest absolute Gasteiger partial charge is 0.335 e. The van der Waals surface area contributed by atoms with Crippen LogP contribution >= 0.6 is 0 Å². The van der Waals surface area contributed by atoms with Gasteiger partial charge >= 0.3 is 17.9 Å². The molecule has 0 atom stereocenters. The predicted octanol–water partition coefficient (Wildman–Crippen LogP) is 4.20. The Labute approximate surface area is 191 Å². The van der Waals surface area contributed by atoms with E-state index in [9.17, 15) is 34.5 Å². The van der Waals surface area contributed by atoms with Crippen molar-refractivity contribution in [2.24, 2.45) is 0 Å². The standard InChI is InChI=1S/C25H15NO8/c27-12-34-20-9-16(7-19(10-20)25(32)33)21-4-3-13-1-2-14(11-22(13)26-21)15-5-17(23(28)29)8-18(6-15)24(30)31/h1-12H,(H,28,29)(H,30,31)(H,32,33). The minimum absolute atomic E-state index is 0.0484. The molecule has 9 heteroatoms. The third-order valence-electron chi connectivity index (χ3n) is 5.09. The highest BCUT2D eigenvalue weighted by atomic mass is 16.5. The molecule has 9 nitrogen and oxygen atoms in total. The van der Waals surface area contributed by atoms with E-state index in [1.165, 1.54) is 30.3 Å². The van der Waals surface area contributed by atoms with E-state index in [1.54, 1.807) is 30.3 Å². The highest BCUT2D eigenvalue weighted by Gasteiger charge is 2.14. The third kappa shape index (κ3) is 4.44. The van der Waals surface area contributed by atoms with E-state index in [-0.39, 0.29) is 28.9 Å². The molecule has 3 aromatic carbocycles. The second-order valence-corrected chi connectivity index (χ2v) is 7.28. The molecule has 168 valence electrons. The monoisotopic (exact) mass is 457 g/mol. The fraction of sp³-hybridized carbons (Fsp3) is 0. The lowest BCUT2D eigenvalue weighted by Gasteiger charge is -2.09. The maximum atomic E-state index is 11.5. The second-order valence-electron chi connectivity index (χ2n) is 7.28. The van der Waals surface area contributed by atoms with Crippen LogP contribution in [0.25, 0.3) is 33.3 Å². The van der Waals surface area contributed by atoms with Gasteiger partial charge in [-0.1, -0.05) is 18.2 Å². The molecule has 0 amide bonds. The number of pyridine rings is 1. The molecule has 0 saturated heterocycles. The van der Waals surface area contributed by atoms with Crippen LogP contribution in [0.4, 0.5) is 0 Å². The molecule has 1 aromatic heterocycles. The average molecular weight is 457 g/mol. The van der Waals surface area contributed by atoms with E-state index < -0.39 is 17.9 Å². The molecule has 3 N–H and O–H groups in total. The van der Waals surface area contributed by atoms with E-state index in [0.29, 0.717) is 27.9 Å². The topological polar surface area (TPSA) is 151 Å². The molecule has 4 rings (SSSR count). The van der Waals surface area contributed by atoms with Gasteiger partial charge in [-0.25, -0.2) is 19.4 Å². The van der Waals surface area contributed by atoms with Crippen molar-refractivity contribution in [3.8, 4) is 28.1 Å². The number of nitrogens with zero attached hydrogens (tertiary/aromatic N) is 1. The summed E-state index contributed by atoms with van der Waals surface area (Å²) in [5, 5.41) is 28.8. The minimum Gasteiger partial charge on any atom is -0.478 e. The molecule has 34 heavy (non-hydrogen) atoms. The van der Waals surface area contributed by atoms with E-state index in [4.69, 9.17) is 4.74 Å². The Bertz CT molecular complexity index is 1460. The normalized spacial score (nSPS) is 10.6. The summed E-state index contributed by atoms with van der Waals surface area (Å²) in [6.07, 6.45) is 0. The van der Waals surface area contributed by atoms with E-state index in [2.05, 4.69) is 4.98 Å². The molecule has 0 spiro atoms. The zero-order valence-electron chi connectivity index (χ0n) is 17.3. The zero-order chi connectivity index (χ0) is 24.4. The molecule has 1 heterocycles. The van der Waals surface area contributed by atoms with Crippen molar-refractivity contribution < 1.29 is 39.2 Å². The Kier molecular flexibility index (Phi) is 5.75. The summed E-state index contributed by atoms with van der Waals surface area (Å²) < 4.78 is 4.82. The molecular formula is C25H15NO8. The number of rotatable bonds is 7. The lowest BCUT2D eigenvalue weighted by molar-refractivity contribution is -0.120. The first-order valence-corrected chi connectivity index (χ1v) is 9.77. The van der Waals surface area contributed by atoms with Gasteiger partial charge in [0.1, 0.15) is 5.75 Å². The first kappa shape index (κ1) is 22.2. The average Bonchev–Trinajstić information content (AvgIpc) is 2.83. The molecule has 0 aliphatic carbocycles. The summed E-state index contributed by atoms with van der Waals surface area (Å²) in [6.45, 7) is 0.196. The molecule has 0 radical (unpaired) electrons. The van der Waals surface area contributed by atoms with Gasteiger partial charge in [-0.3, -0.25) is 4.79 Å². The first-order valence-electron chi connectivity index (χ1n) is 9.77. The van der Waals surface area contributed by atoms with Gasteiger partial charge in [0.2, 0.25) is 0 Å². The van der Waals surface area contributed by atoms with Crippen LogP contribution < -0.4 is 4.74 Å². The first-order chi connectivity index (χ1) is 16.2. The van der Waals surface area contributed by atoms with Crippen molar-refractivity contribution in [2.75, 3.05) is 0 Å². The Balaban J connectivity index is 1.84. The van der Waals surface area contributed by atoms with Crippen molar-refractivity contribution >= 4 is 35.3 Å². The molecule has 0 fully saturated rings. The maximum absolute atomic E-state index is 11.5. The number of benzene rings is 3. The largest absolute Gasteiger partial charge is 0.478 e. The Hall–Kier alpha value is -5.05. The van der Waals surface area contributed by atoms with Crippen LogP contribution in [0, 0.1) is 0 Å². The SMILES string of the molecule is O=COc1cc(C(=O)O)cc(-c2ccc3ccc(-c4cc(C(=O)O)cc(C(=O)O)c4)cc3n2)c1. The fourth-order valence-electron chi connectivity index (χ4n) is 3.49. The molecule has 0 aliphatic heterocycles. The molecular weight excluding hydrogens is 442 g/mol. The molecule has 0 unspecified atom stereocenters. The fourth-order valence-corrected chi connectivity index (χ4v) is 3.49. The van der Waals surface area contributed by atoms with Gasteiger partial charge in [0.25, 0.3) is 6.47 Å². The van der Waals surface area contributed by atoms with Crippen LogP contribution in [-0.4, -0.2) is 44.7 Å². The predicted molar refractivity (Wildman–Crippen MR) is 120 cm³/mol. The Morgan fingerprint density at radius 2 is 1.26 bits per heavy atom. The zero-order valence-corrected chi connectivity index (χ0v) is 17.3. The second kappa shape index (κ2) is 8.83. The van der Waals surface area contributed by atoms with Gasteiger partial charge in [0, 0.05) is 10.9 Å². The van der Waals surface area contributed by atoms with Crippen LogP contribution in [0.15, 0.2) is 66.7 Å². The van der Waals surface area contributed by atoms with Crippen molar-refractivity contribution in [3.05, 3.63) is 83.4 Å². The highest BCUT2D eigenvalue weighted by molar-refractivity contribution is 5.97. The highest BCUT2D eigenvalue weighted by Crippen LogP contribution is 2.30. The van der Waals surface area contributed by atoms with Crippen LogP contribution in [0.3, 0.4) is 0 Å². The summed E-state index contributed by atoms with van der Waals surface area (Å²) in [5.41, 5.74) is 1.85. The lowest BCUT2D eigenvalue weighted by Crippen LogP contribution is -2.03. The Morgan fingerprint density at radius 1 is 0.676 bits per heavy atom. The lowest BCUT2D eigenvalue weighted by atomic mass is 9.98. The molecule has 4 aromatic rings.